The molecule has 0 unspecified atom stereocenters. The summed E-state index contributed by atoms with van der Waals surface area (Å²) in [6.45, 7) is 0. The van der Waals surface area contributed by atoms with Crippen LogP contribution >= 0.6 is 0 Å². The van der Waals surface area contributed by atoms with Gasteiger partial charge >= 0.3 is 5.97 Å². The van der Waals surface area contributed by atoms with Gasteiger partial charge in [-0.15, -0.1) is 0 Å². The molecule has 0 saturated carbocycles. The Bertz CT molecular complexity index is 1440. The first kappa shape index (κ1) is 21.5. The summed E-state index contributed by atoms with van der Waals surface area (Å²) >= 11 is 0. The quantitative estimate of drug-likeness (QED) is 0.264. The first-order valence-corrected chi connectivity index (χ1v) is 11.2. The zero-order valence-electron chi connectivity index (χ0n) is 18.5. The molecule has 170 valence electrons. The van der Waals surface area contributed by atoms with Gasteiger partial charge in [0.05, 0.1) is 0 Å². The third kappa shape index (κ3) is 5.15. The van der Waals surface area contributed by atoms with E-state index in [-0.39, 0.29) is 6.42 Å². The number of fused-ring (bicyclic) bond motifs is 1. The van der Waals surface area contributed by atoms with E-state index in [1.807, 2.05) is 72.9 Å². The van der Waals surface area contributed by atoms with E-state index in [2.05, 4.69) is 26.2 Å². The smallest absolute Gasteiger partial charge is 0.303 e. The van der Waals surface area contributed by atoms with E-state index in [0.29, 0.717) is 24.4 Å². The molecular formula is C27H24N4O3. The first-order valence-electron chi connectivity index (χ1n) is 11.2. The van der Waals surface area contributed by atoms with Gasteiger partial charge in [0.1, 0.15) is 17.3 Å². The van der Waals surface area contributed by atoms with Gasteiger partial charge in [-0.25, -0.2) is 4.98 Å². The third-order valence-electron chi connectivity index (χ3n) is 5.60. The van der Waals surface area contributed by atoms with Gasteiger partial charge in [-0.05, 0) is 60.4 Å². The molecule has 5 rings (SSSR count). The second-order valence-corrected chi connectivity index (χ2v) is 8.21. The summed E-state index contributed by atoms with van der Waals surface area (Å²) in [6.07, 6.45) is 4.08. The van der Waals surface area contributed by atoms with Crippen molar-refractivity contribution >= 4 is 16.9 Å². The van der Waals surface area contributed by atoms with Crippen LogP contribution in [-0.2, 0) is 17.6 Å². The lowest BCUT2D eigenvalue weighted by Crippen LogP contribution is -1.97. The van der Waals surface area contributed by atoms with E-state index < -0.39 is 5.97 Å². The molecule has 0 aliphatic rings. The molecule has 0 radical (unpaired) electrons. The molecule has 5 aromatic rings. The lowest BCUT2D eigenvalue weighted by atomic mass is 10.0. The number of aromatic amines is 2. The number of hydrogen-bond donors (Lipinski definition) is 3. The number of nitrogens with one attached hydrogen (secondary N) is 2. The summed E-state index contributed by atoms with van der Waals surface area (Å²) in [4.78, 5) is 18.6. The van der Waals surface area contributed by atoms with Crippen molar-refractivity contribution < 1.29 is 14.6 Å². The molecule has 0 fully saturated rings. The van der Waals surface area contributed by atoms with E-state index in [1.54, 1.807) is 0 Å². The predicted molar refractivity (Wildman–Crippen MR) is 130 cm³/mol. The minimum absolute atomic E-state index is 0.180. The first-order chi connectivity index (χ1) is 16.6. The minimum Gasteiger partial charge on any atom is -0.481 e. The Hall–Kier alpha value is -4.39. The van der Waals surface area contributed by atoms with Crippen LogP contribution in [0.4, 0.5) is 0 Å². The Kier molecular flexibility index (Phi) is 6.07. The van der Waals surface area contributed by atoms with Crippen molar-refractivity contribution in [1.29, 1.82) is 0 Å². The molecule has 0 atom stereocenters. The summed E-state index contributed by atoms with van der Waals surface area (Å²) in [5.41, 5.74) is 4.17. The average molecular weight is 453 g/mol. The van der Waals surface area contributed by atoms with E-state index >= 15 is 0 Å². The van der Waals surface area contributed by atoms with Gasteiger partial charge in [0.2, 0.25) is 0 Å². The topological polar surface area (TPSA) is 104 Å². The molecule has 0 aliphatic heterocycles. The van der Waals surface area contributed by atoms with Crippen LogP contribution < -0.4 is 4.74 Å². The Labute approximate surface area is 196 Å². The lowest BCUT2D eigenvalue weighted by Gasteiger charge is -2.07. The standard InChI is InChI=1S/C27H24N4O3/c32-26(33)9-2-5-18-4-1-6-19(14-18)15-25-29-27(31-30-25)21-7-3-8-22(17-21)34-23-10-11-24-20(16-23)12-13-28-24/h1,3-4,6-8,10-14,16-17,28H,2,5,9,15H2,(H,32,33)(H,29,30,31). The molecule has 7 heteroatoms. The number of ether oxygens (including phenoxy) is 1. The highest BCUT2D eigenvalue weighted by molar-refractivity contribution is 5.80. The highest BCUT2D eigenvalue weighted by atomic mass is 16.5. The molecule has 3 aromatic carbocycles. The number of carboxylic acids is 1. The maximum atomic E-state index is 10.7. The highest BCUT2D eigenvalue weighted by Crippen LogP contribution is 2.28. The molecule has 2 heterocycles. The number of hydrogen-bond acceptors (Lipinski definition) is 4. The maximum absolute atomic E-state index is 10.7. The molecule has 2 aromatic heterocycles. The molecular weight excluding hydrogens is 428 g/mol. The lowest BCUT2D eigenvalue weighted by molar-refractivity contribution is -0.137. The van der Waals surface area contributed by atoms with Crippen LogP contribution in [0.3, 0.4) is 0 Å². The van der Waals surface area contributed by atoms with Crippen molar-refractivity contribution in [3.63, 3.8) is 0 Å². The molecule has 34 heavy (non-hydrogen) atoms. The fraction of sp³-hybridized carbons (Fsp3) is 0.148. The fourth-order valence-corrected chi connectivity index (χ4v) is 3.97. The molecule has 0 saturated heterocycles. The summed E-state index contributed by atoms with van der Waals surface area (Å²) < 4.78 is 6.06. The normalized spacial score (nSPS) is 11.1. The van der Waals surface area contributed by atoms with Gasteiger partial charge in [-0.1, -0.05) is 36.4 Å². The SMILES string of the molecule is O=C(O)CCCc1cccc(Cc2nc(-c3cccc(Oc4ccc5[nH]ccc5c4)c3)n[nH]2)c1. The summed E-state index contributed by atoms with van der Waals surface area (Å²) in [5.74, 6) is 2.10. The van der Waals surface area contributed by atoms with E-state index in [4.69, 9.17) is 9.84 Å². The number of aryl methyl sites for hydroxylation is 1. The predicted octanol–water partition coefficient (Wildman–Crippen LogP) is 5.74. The number of benzene rings is 3. The monoisotopic (exact) mass is 452 g/mol. The van der Waals surface area contributed by atoms with Crippen LogP contribution in [0.2, 0.25) is 0 Å². The second-order valence-electron chi connectivity index (χ2n) is 8.21. The number of rotatable bonds is 9. The van der Waals surface area contributed by atoms with Crippen molar-refractivity contribution in [1.82, 2.24) is 20.2 Å². The van der Waals surface area contributed by atoms with Crippen LogP contribution in [0.5, 0.6) is 11.5 Å². The van der Waals surface area contributed by atoms with Crippen molar-refractivity contribution in [3.8, 4) is 22.9 Å². The van der Waals surface area contributed by atoms with Crippen LogP contribution in [-0.4, -0.2) is 31.2 Å². The number of carbonyl (C=O) groups is 1. The van der Waals surface area contributed by atoms with Crippen molar-refractivity contribution in [2.45, 2.75) is 25.7 Å². The van der Waals surface area contributed by atoms with Crippen LogP contribution in [0.1, 0.15) is 29.8 Å². The van der Waals surface area contributed by atoms with Crippen LogP contribution in [0, 0.1) is 0 Å². The summed E-state index contributed by atoms with van der Waals surface area (Å²) in [6, 6.07) is 23.8. The van der Waals surface area contributed by atoms with E-state index in [0.717, 1.165) is 45.6 Å². The molecule has 0 bridgehead atoms. The Morgan fingerprint density at radius 2 is 1.79 bits per heavy atom. The average Bonchev–Trinajstić information content (AvgIpc) is 3.49. The third-order valence-corrected chi connectivity index (χ3v) is 5.60. The molecule has 7 nitrogen and oxygen atoms in total. The van der Waals surface area contributed by atoms with Gasteiger partial charge in [0, 0.05) is 35.5 Å². The van der Waals surface area contributed by atoms with E-state index in [9.17, 15) is 4.79 Å². The van der Waals surface area contributed by atoms with Gasteiger partial charge in [-0.3, -0.25) is 9.89 Å². The zero-order valence-corrected chi connectivity index (χ0v) is 18.5. The van der Waals surface area contributed by atoms with Crippen LogP contribution in [0.15, 0.2) is 79.0 Å². The number of carboxylic acid groups (broad SMARTS) is 1. The number of H-pyrrole nitrogens is 2. The van der Waals surface area contributed by atoms with Gasteiger partial charge in [0.25, 0.3) is 0 Å². The van der Waals surface area contributed by atoms with Gasteiger partial charge in [-0.2, -0.15) is 5.10 Å². The molecule has 0 aliphatic carbocycles. The van der Waals surface area contributed by atoms with Crippen molar-refractivity contribution in [3.05, 3.63) is 95.9 Å². The Balaban J connectivity index is 1.27. The highest BCUT2D eigenvalue weighted by Gasteiger charge is 2.09. The number of aromatic nitrogens is 4. The van der Waals surface area contributed by atoms with Gasteiger partial charge in [0.15, 0.2) is 5.82 Å². The van der Waals surface area contributed by atoms with Crippen molar-refractivity contribution in [2.75, 3.05) is 0 Å². The van der Waals surface area contributed by atoms with Crippen molar-refractivity contribution in [2.24, 2.45) is 0 Å². The number of nitrogens with zero attached hydrogens (tertiary/aromatic N) is 2. The minimum atomic E-state index is -0.762. The second kappa shape index (κ2) is 9.62. The fourth-order valence-electron chi connectivity index (χ4n) is 3.97. The summed E-state index contributed by atoms with van der Waals surface area (Å²) in [7, 11) is 0. The zero-order chi connectivity index (χ0) is 23.3. The molecule has 0 spiro atoms. The summed E-state index contributed by atoms with van der Waals surface area (Å²) in [5, 5.41) is 17.4. The molecule has 3 N–H and O–H groups in total. The number of aliphatic carboxylic acids is 1. The van der Waals surface area contributed by atoms with Gasteiger partial charge < -0.3 is 14.8 Å². The van der Waals surface area contributed by atoms with Crippen LogP contribution in [0.25, 0.3) is 22.3 Å². The Morgan fingerprint density at radius 3 is 2.71 bits per heavy atom. The largest absolute Gasteiger partial charge is 0.481 e. The van der Waals surface area contributed by atoms with E-state index in [1.165, 1.54) is 0 Å². The Morgan fingerprint density at radius 1 is 0.941 bits per heavy atom. The maximum Gasteiger partial charge on any atom is 0.303 e. The molecule has 0 amide bonds.